The Labute approximate surface area is 106 Å². The van der Waals surface area contributed by atoms with Crippen molar-refractivity contribution in [2.75, 3.05) is 13.1 Å². The van der Waals surface area contributed by atoms with Crippen LogP contribution in [-0.4, -0.2) is 18.1 Å². The summed E-state index contributed by atoms with van der Waals surface area (Å²) in [6.45, 7) is 6.79. The molecule has 0 bridgehead atoms. The van der Waals surface area contributed by atoms with E-state index in [9.17, 15) is 0 Å². The van der Waals surface area contributed by atoms with Gasteiger partial charge in [-0.1, -0.05) is 39.2 Å². The quantitative estimate of drug-likeness (QED) is 0.662. The Morgan fingerprint density at radius 3 is 2.88 bits per heavy atom. The van der Waals surface area contributed by atoms with Crippen molar-refractivity contribution in [3.05, 3.63) is 30.1 Å². The molecule has 2 heteroatoms. The summed E-state index contributed by atoms with van der Waals surface area (Å²) < 4.78 is 0. The van der Waals surface area contributed by atoms with Gasteiger partial charge in [-0.05, 0) is 43.5 Å². The van der Waals surface area contributed by atoms with E-state index >= 15 is 0 Å². The topological polar surface area (TPSA) is 24.9 Å². The molecule has 1 rings (SSSR count). The van der Waals surface area contributed by atoms with Gasteiger partial charge < -0.3 is 5.32 Å². The Balaban J connectivity index is 2.10. The Morgan fingerprint density at radius 2 is 2.24 bits per heavy atom. The lowest BCUT2D eigenvalue weighted by Gasteiger charge is -2.15. The summed E-state index contributed by atoms with van der Waals surface area (Å²) in [6, 6.07) is 4.15. The number of rotatable bonds is 9. The number of nitrogens with one attached hydrogen (secondary N) is 1. The van der Waals surface area contributed by atoms with Crippen molar-refractivity contribution in [2.24, 2.45) is 5.92 Å². The summed E-state index contributed by atoms with van der Waals surface area (Å²) >= 11 is 0. The fraction of sp³-hybridized carbons (Fsp3) is 0.667. The maximum atomic E-state index is 4.13. The van der Waals surface area contributed by atoms with Gasteiger partial charge in [-0.2, -0.15) is 0 Å². The molecular formula is C15H26N2. The van der Waals surface area contributed by atoms with Crippen LogP contribution in [0.25, 0.3) is 0 Å². The lowest BCUT2D eigenvalue weighted by atomic mass is 9.99. The van der Waals surface area contributed by atoms with Crippen molar-refractivity contribution in [1.29, 1.82) is 0 Å². The summed E-state index contributed by atoms with van der Waals surface area (Å²) in [5.41, 5.74) is 1.32. The first kappa shape index (κ1) is 14.2. The third-order valence-electron chi connectivity index (χ3n) is 3.29. The predicted octanol–water partition coefficient (Wildman–Crippen LogP) is 3.43. The minimum absolute atomic E-state index is 0.851. The maximum absolute atomic E-state index is 4.13. The fourth-order valence-corrected chi connectivity index (χ4v) is 2.03. The normalized spacial score (nSPS) is 12.6. The van der Waals surface area contributed by atoms with E-state index < -0.39 is 0 Å². The van der Waals surface area contributed by atoms with E-state index in [1.54, 1.807) is 0 Å². The molecule has 0 saturated heterocycles. The molecular weight excluding hydrogens is 208 g/mol. The van der Waals surface area contributed by atoms with Crippen LogP contribution in [0.1, 0.15) is 45.1 Å². The van der Waals surface area contributed by atoms with Crippen LogP contribution in [-0.2, 0) is 6.42 Å². The Hall–Kier alpha value is -0.890. The van der Waals surface area contributed by atoms with Gasteiger partial charge in [0.15, 0.2) is 0 Å². The van der Waals surface area contributed by atoms with Crippen LogP contribution in [0.2, 0.25) is 0 Å². The molecule has 0 aromatic carbocycles. The van der Waals surface area contributed by atoms with Crippen molar-refractivity contribution in [2.45, 2.75) is 46.0 Å². The molecule has 0 radical (unpaired) electrons. The Bertz CT molecular complexity index is 272. The maximum Gasteiger partial charge on any atom is 0.0300 e. The van der Waals surface area contributed by atoms with Crippen LogP contribution >= 0.6 is 0 Å². The smallest absolute Gasteiger partial charge is 0.0300 e. The summed E-state index contributed by atoms with van der Waals surface area (Å²) in [6.07, 6.45) is 10.2. The molecule has 0 aliphatic heterocycles. The van der Waals surface area contributed by atoms with Gasteiger partial charge in [-0.3, -0.25) is 4.98 Å². The molecule has 17 heavy (non-hydrogen) atoms. The number of unbranched alkanes of at least 4 members (excludes halogenated alkanes) is 1. The Kier molecular flexibility index (Phi) is 7.65. The number of pyridine rings is 1. The van der Waals surface area contributed by atoms with Crippen molar-refractivity contribution >= 4 is 0 Å². The van der Waals surface area contributed by atoms with Gasteiger partial charge in [0, 0.05) is 12.4 Å². The van der Waals surface area contributed by atoms with Crippen LogP contribution in [0, 0.1) is 5.92 Å². The molecule has 0 saturated carbocycles. The van der Waals surface area contributed by atoms with E-state index in [4.69, 9.17) is 0 Å². The predicted molar refractivity (Wildman–Crippen MR) is 74.1 cm³/mol. The molecule has 0 fully saturated rings. The van der Waals surface area contributed by atoms with Crippen LogP contribution in [0.4, 0.5) is 0 Å². The summed E-state index contributed by atoms with van der Waals surface area (Å²) in [5, 5.41) is 3.57. The zero-order chi connectivity index (χ0) is 12.3. The molecule has 1 aromatic heterocycles. The SMILES string of the molecule is CCCCC(CC)CNCCc1cccnc1. The fourth-order valence-electron chi connectivity index (χ4n) is 2.03. The van der Waals surface area contributed by atoms with Crippen molar-refractivity contribution in [1.82, 2.24) is 10.3 Å². The van der Waals surface area contributed by atoms with Gasteiger partial charge in [0.05, 0.1) is 0 Å². The molecule has 96 valence electrons. The lowest BCUT2D eigenvalue weighted by Crippen LogP contribution is -2.24. The van der Waals surface area contributed by atoms with Gasteiger partial charge >= 0.3 is 0 Å². The second kappa shape index (κ2) is 9.17. The average Bonchev–Trinajstić information content (AvgIpc) is 2.39. The van der Waals surface area contributed by atoms with Gasteiger partial charge in [-0.25, -0.2) is 0 Å². The first-order chi connectivity index (χ1) is 8.36. The first-order valence-electron chi connectivity index (χ1n) is 6.96. The second-order valence-corrected chi connectivity index (χ2v) is 4.73. The molecule has 0 spiro atoms. The Morgan fingerprint density at radius 1 is 1.35 bits per heavy atom. The third-order valence-corrected chi connectivity index (χ3v) is 3.29. The average molecular weight is 234 g/mol. The molecule has 1 N–H and O–H groups in total. The molecule has 2 nitrogen and oxygen atoms in total. The lowest BCUT2D eigenvalue weighted by molar-refractivity contribution is 0.421. The highest BCUT2D eigenvalue weighted by Crippen LogP contribution is 2.11. The number of aromatic nitrogens is 1. The second-order valence-electron chi connectivity index (χ2n) is 4.73. The molecule has 1 atom stereocenters. The van der Waals surface area contributed by atoms with Gasteiger partial charge in [0.25, 0.3) is 0 Å². The molecule has 1 unspecified atom stereocenters. The van der Waals surface area contributed by atoms with Crippen LogP contribution in [0.5, 0.6) is 0 Å². The van der Waals surface area contributed by atoms with Crippen LogP contribution in [0.3, 0.4) is 0 Å². The first-order valence-corrected chi connectivity index (χ1v) is 6.96. The van der Waals surface area contributed by atoms with E-state index in [0.717, 1.165) is 25.4 Å². The highest BCUT2D eigenvalue weighted by molar-refractivity contribution is 5.08. The molecule has 0 amide bonds. The summed E-state index contributed by atoms with van der Waals surface area (Å²) in [5.74, 6) is 0.851. The molecule has 0 aliphatic carbocycles. The number of hydrogen-bond acceptors (Lipinski definition) is 2. The third kappa shape index (κ3) is 6.42. The summed E-state index contributed by atoms with van der Waals surface area (Å²) in [4.78, 5) is 4.13. The van der Waals surface area contributed by atoms with Gasteiger partial charge in [-0.15, -0.1) is 0 Å². The standard InChI is InChI=1S/C15H26N2/c1-3-5-7-14(4-2)12-17-11-9-15-8-6-10-16-13-15/h6,8,10,13-14,17H,3-5,7,9,11-12H2,1-2H3. The van der Waals surface area contributed by atoms with Gasteiger partial charge in [0.2, 0.25) is 0 Å². The zero-order valence-corrected chi connectivity index (χ0v) is 11.3. The largest absolute Gasteiger partial charge is 0.316 e. The minimum atomic E-state index is 0.851. The summed E-state index contributed by atoms with van der Waals surface area (Å²) in [7, 11) is 0. The van der Waals surface area contributed by atoms with Crippen molar-refractivity contribution < 1.29 is 0 Å². The van der Waals surface area contributed by atoms with Crippen molar-refractivity contribution in [3.63, 3.8) is 0 Å². The monoisotopic (exact) mass is 234 g/mol. The van der Waals surface area contributed by atoms with E-state index in [0.29, 0.717) is 0 Å². The molecule has 1 heterocycles. The van der Waals surface area contributed by atoms with Crippen LogP contribution in [0.15, 0.2) is 24.5 Å². The van der Waals surface area contributed by atoms with Crippen LogP contribution < -0.4 is 5.32 Å². The zero-order valence-electron chi connectivity index (χ0n) is 11.3. The van der Waals surface area contributed by atoms with E-state index in [-0.39, 0.29) is 0 Å². The van der Waals surface area contributed by atoms with E-state index in [1.165, 1.54) is 31.2 Å². The molecule has 0 aliphatic rings. The minimum Gasteiger partial charge on any atom is -0.316 e. The van der Waals surface area contributed by atoms with E-state index in [2.05, 4.69) is 30.2 Å². The highest BCUT2D eigenvalue weighted by Gasteiger charge is 2.04. The van der Waals surface area contributed by atoms with Crippen molar-refractivity contribution in [3.8, 4) is 0 Å². The van der Waals surface area contributed by atoms with E-state index in [1.807, 2.05) is 18.5 Å². The number of hydrogen-bond donors (Lipinski definition) is 1. The molecule has 1 aromatic rings. The van der Waals surface area contributed by atoms with Gasteiger partial charge in [0.1, 0.15) is 0 Å². The highest BCUT2D eigenvalue weighted by atomic mass is 14.9. The number of nitrogens with zero attached hydrogens (tertiary/aromatic N) is 1.